The van der Waals surface area contributed by atoms with Crippen molar-refractivity contribution >= 4 is 0 Å². The predicted octanol–water partition coefficient (Wildman–Crippen LogP) is -0.374. The molecule has 6 nitrogen and oxygen atoms in total. The van der Waals surface area contributed by atoms with E-state index in [1.165, 1.54) is 28.3 Å². The van der Waals surface area contributed by atoms with Crippen LogP contribution in [0.2, 0.25) is 0 Å². The summed E-state index contributed by atoms with van der Waals surface area (Å²) in [7, 11) is 4.56. The summed E-state index contributed by atoms with van der Waals surface area (Å²) in [5.41, 5.74) is 0. The fraction of sp³-hybridized carbons (Fsp3) is 1.00. The summed E-state index contributed by atoms with van der Waals surface area (Å²) < 4.78 is 14.4. The summed E-state index contributed by atoms with van der Waals surface area (Å²) >= 11 is 0. The summed E-state index contributed by atoms with van der Waals surface area (Å²) in [6.07, 6.45) is -0.0625. The Morgan fingerprint density at radius 2 is 1.14 bits per heavy atom. The number of rotatable bonds is 4. The molecule has 0 bridgehead atoms. The van der Waals surface area contributed by atoms with Gasteiger partial charge in [0.1, 0.15) is 0 Å². The van der Waals surface area contributed by atoms with Crippen molar-refractivity contribution in [3.8, 4) is 0 Å². The van der Waals surface area contributed by atoms with Crippen LogP contribution in [0.4, 0.5) is 0 Å². The molecule has 0 aromatic rings. The van der Waals surface area contributed by atoms with Crippen LogP contribution >= 0.6 is 0 Å². The molecule has 0 radical (unpaired) electrons. The molecule has 0 unspecified atom stereocenters. The maximum Gasteiger partial charge on any atom is 0.279 e. The number of methoxy groups -OCH3 is 3. The van der Waals surface area contributed by atoms with Crippen molar-refractivity contribution in [3.63, 3.8) is 0 Å². The first-order valence-electron chi connectivity index (χ1n) is 4.07. The highest BCUT2D eigenvalue weighted by atomic mass is 16.9. The Bertz CT molecular complexity index is 118. The third kappa shape index (κ3) is 9.85. The smallest absolute Gasteiger partial charge is 0.279 e. The summed E-state index contributed by atoms with van der Waals surface area (Å²) in [4.78, 5) is 0. The molecule has 0 fully saturated rings. The van der Waals surface area contributed by atoms with Gasteiger partial charge in [-0.15, -0.1) is 0 Å². The molecule has 0 atom stereocenters. The van der Waals surface area contributed by atoms with E-state index in [2.05, 4.69) is 0 Å². The van der Waals surface area contributed by atoms with E-state index in [-0.39, 0.29) is 6.42 Å². The molecule has 0 rings (SSSR count). The molecule has 0 aromatic heterocycles. The number of hydrogen-bond acceptors (Lipinski definition) is 6. The molecular formula is C8H20O6. The van der Waals surface area contributed by atoms with Gasteiger partial charge in [0.2, 0.25) is 0 Å². The van der Waals surface area contributed by atoms with Crippen LogP contribution < -0.4 is 0 Å². The highest BCUT2D eigenvalue weighted by Crippen LogP contribution is 2.08. The lowest BCUT2D eigenvalue weighted by Gasteiger charge is -2.23. The average molecular weight is 212 g/mol. The maximum absolute atomic E-state index is 7.94. The Kier molecular flexibility index (Phi) is 8.22. The van der Waals surface area contributed by atoms with Gasteiger partial charge >= 0.3 is 0 Å². The lowest BCUT2D eigenvalue weighted by atomic mass is 10.4. The second-order valence-electron chi connectivity index (χ2n) is 2.60. The normalized spacial score (nSPS) is 12.0. The maximum atomic E-state index is 7.94. The zero-order chi connectivity index (χ0) is 11.8. The van der Waals surface area contributed by atoms with Crippen molar-refractivity contribution in [2.24, 2.45) is 0 Å². The van der Waals surface area contributed by atoms with E-state index in [1.807, 2.05) is 0 Å². The molecule has 14 heavy (non-hydrogen) atoms. The fourth-order valence-electron chi connectivity index (χ4n) is 0.250. The highest BCUT2D eigenvalue weighted by Gasteiger charge is 2.20. The van der Waals surface area contributed by atoms with Gasteiger partial charge in [-0.05, 0) is 0 Å². The SMILES string of the molecule is CCC(O)(O)O.COC(C)(OC)OC. The highest BCUT2D eigenvalue weighted by molar-refractivity contribution is 4.39. The molecule has 3 N–H and O–H groups in total. The molecule has 0 aliphatic rings. The van der Waals surface area contributed by atoms with Crippen LogP contribution in [0.25, 0.3) is 0 Å². The first kappa shape index (κ1) is 16.2. The van der Waals surface area contributed by atoms with E-state index in [0.29, 0.717) is 0 Å². The largest absolute Gasteiger partial charge is 0.344 e. The van der Waals surface area contributed by atoms with E-state index in [0.717, 1.165) is 0 Å². The van der Waals surface area contributed by atoms with Crippen molar-refractivity contribution in [3.05, 3.63) is 0 Å². The Morgan fingerprint density at radius 3 is 1.14 bits per heavy atom. The standard InChI is InChI=1S/C5H12O3.C3H8O3/c1-5(6-2,7-3)8-4;1-2-3(4,5)6/h1-4H3;4-6H,2H2,1H3. The van der Waals surface area contributed by atoms with Gasteiger partial charge in [-0.2, -0.15) is 0 Å². The first-order chi connectivity index (χ1) is 6.24. The molecule has 0 amide bonds. The zero-order valence-corrected chi connectivity index (χ0v) is 9.27. The van der Waals surface area contributed by atoms with Gasteiger partial charge in [-0.1, -0.05) is 6.92 Å². The Labute approximate surface area is 84.0 Å². The first-order valence-corrected chi connectivity index (χ1v) is 4.07. The van der Waals surface area contributed by atoms with Gasteiger partial charge in [0.05, 0.1) is 0 Å². The Hall–Kier alpha value is -0.240. The van der Waals surface area contributed by atoms with Gasteiger partial charge in [-0.25, -0.2) is 0 Å². The van der Waals surface area contributed by atoms with Crippen LogP contribution in [0.1, 0.15) is 20.3 Å². The topological polar surface area (TPSA) is 88.4 Å². The number of aliphatic hydroxyl groups is 3. The van der Waals surface area contributed by atoms with Crippen LogP contribution in [0.3, 0.4) is 0 Å². The van der Waals surface area contributed by atoms with Crippen LogP contribution in [0.15, 0.2) is 0 Å². The zero-order valence-electron chi connectivity index (χ0n) is 9.27. The molecule has 0 saturated carbocycles. The van der Waals surface area contributed by atoms with Gasteiger partial charge in [-0.3, -0.25) is 0 Å². The molecule has 0 aliphatic carbocycles. The molecule has 0 saturated heterocycles. The minimum atomic E-state index is -2.46. The minimum absolute atomic E-state index is 0.0625. The average Bonchev–Trinajstić information content (AvgIpc) is 2.16. The van der Waals surface area contributed by atoms with Crippen molar-refractivity contribution in [2.45, 2.75) is 32.2 Å². The predicted molar refractivity (Wildman–Crippen MR) is 49.1 cm³/mol. The molecule has 0 aromatic carbocycles. The van der Waals surface area contributed by atoms with E-state index < -0.39 is 11.9 Å². The van der Waals surface area contributed by atoms with E-state index in [4.69, 9.17) is 29.5 Å². The molecular weight excluding hydrogens is 192 g/mol. The quantitative estimate of drug-likeness (QED) is 0.551. The summed E-state index contributed by atoms with van der Waals surface area (Å²) in [6, 6.07) is 0. The van der Waals surface area contributed by atoms with Gasteiger partial charge in [0.15, 0.2) is 0 Å². The van der Waals surface area contributed by atoms with E-state index in [1.54, 1.807) is 6.92 Å². The van der Waals surface area contributed by atoms with Crippen molar-refractivity contribution in [1.29, 1.82) is 0 Å². The van der Waals surface area contributed by atoms with E-state index >= 15 is 0 Å². The van der Waals surface area contributed by atoms with Crippen LogP contribution in [-0.2, 0) is 14.2 Å². The fourth-order valence-corrected chi connectivity index (χ4v) is 0.250. The number of ether oxygens (including phenoxy) is 3. The molecule has 0 aliphatic heterocycles. The van der Waals surface area contributed by atoms with Crippen molar-refractivity contribution in [2.75, 3.05) is 21.3 Å². The number of hydrogen-bond donors (Lipinski definition) is 3. The second kappa shape index (κ2) is 7.10. The Balaban J connectivity index is 0. The second-order valence-corrected chi connectivity index (χ2v) is 2.60. The van der Waals surface area contributed by atoms with Crippen LogP contribution in [0.5, 0.6) is 0 Å². The lowest BCUT2D eigenvalue weighted by molar-refractivity contribution is -0.340. The third-order valence-corrected chi connectivity index (χ3v) is 1.59. The summed E-state index contributed by atoms with van der Waals surface area (Å²) in [5, 5.41) is 23.8. The monoisotopic (exact) mass is 212 g/mol. The van der Waals surface area contributed by atoms with Crippen molar-refractivity contribution in [1.82, 2.24) is 0 Å². The van der Waals surface area contributed by atoms with Crippen LogP contribution in [0, 0.1) is 0 Å². The molecule has 0 spiro atoms. The lowest BCUT2D eigenvalue weighted by Crippen LogP contribution is -2.31. The van der Waals surface area contributed by atoms with Gasteiger partial charge < -0.3 is 29.5 Å². The third-order valence-electron chi connectivity index (χ3n) is 1.59. The van der Waals surface area contributed by atoms with E-state index in [9.17, 15) is 0 Å². The van der Waals surface area contributed by atoms with Crippen molar-refractivity contribution < 1.29 is 29.5 Å². The van der Waals surface area contributed by atoms with Gasteiger partial charge in [0, 0.05) is 34.7 Å². The van der Waals surface area contributed by atoms with Crippen LogP contribution in [-0.4, -0.2) is 48.6 Å². The summed E-state index contributed by atoms with van der Waals surface area (Å²) in [5.74, 6) is -3.33. The summed E-state index contributed by atoms with van der Waals surface area (Å²) in [6.45, 7) is 3.15. The molecule has 0 heterocycles. The molecule has 88 valence electrons. The van der Waals surface area contributed by atoms with Gasteiger partial charge in [0.25, 0.3) is 11.9 Å². The molecule has 6 heteroatoms. The Morgan fingerprint density at radius 1 is 0.929 bits per heavy atom. The minimum Gasteiger partial charge on any atom is -0.344 e.